The van der Waals surface area contributed by atoms with Gasteiger partial charge in [0.25, 0.3) is 0 Å². The Balaban J connectivity index is 2.07. The molecule has 0 amide bonds. The molecule has 136 valence electrons. The maximum atomic E-state index is 12.2. The Morgan fingerprint density at radius 2 is 2.08 bits per heavy atom. The first-order valence-electron chi connectivity index (χ1n) is 8.08. The van der Waals surface area contributed by atoms with Gasteiger partial charge in [-0.1, -0.05) is 6.07 Å². The second-order valence-electron chi connectivity index (χ2n) is 6.16. The predicted molar refractivity (Wildman–Crippen MR) is 94.7 cm³/mol. The van der Waals surface area contributed by atoms with Crippen LogP contribution in [0.5, 0.6) is 5.75 Å². The van der Waals surface area contributed by atoms with Crippen molar-refractivity contribution in [2.75, 3.05) is 33.1 Å². The van der Waals surface area contributed by atoms with Crippen molar-refractivity contribution in [3.05, 3.63) is 41.2 Å². The summed E-state index contributed by atoms with van der Waals surface area (Å²) in [4.78, 5) is 0. The highest BCUT2D eigenvalue weighted by molar-refractivity contribution is 7.88. The van der Waals surface area contributed by atoms with Gasteiger partial charge in [-0.3, -0.25) is 0 Å². The van der Waals surface area contributed by atoms with E-state index in [1.165, 1.54) is 10.6 Å². The summed E-state index contributed by atoms with van der Waals surface area (Å²) in [5, 5.41) is 4.63. The fourth-order valence-corrected chi connectivity index (χ4v) is 4.38. The summed E-state index contributed by atoms with van der Waals surface area (Å²) < 4.78 is 38.5. The molecule has 1 aliphatic heterocycles. The van der Waals surface area contributed by atoms with Crippen LogP contribution >= 0.6 is 0 Å². The smallest absolute Gasteiger partial charge is 0.211 e. The molecule has 1 saturated heterocycles. The second-order valence-corrected chi connectivity index (χ2v) is 8.10. The number of ether oxygens (including phenoxy) is 2. The summed E-state index contributed by atoms with van der Waals surface area (Å²) in [6.07, 6.45) is 1.24. The third kappa shape index (κ3) is 3.42. The van der Waals surface area contributed by atoms with Crippen molar-refractivity contribution in [2.45, 2.75) is 19.9 Å². The fourth-order valence-electron chi connectivity index (χ4n) is 3.34. The van der Waals surface area contributed by atoms with Gasteiger partial charge in [0.05, 0.1) is 44.0 Å². The molecule has 0 N–H and O–H groups in total. The quantitative estimate of drug-likeness (QED) is 0.826. The number of methoxy groups -OCH3 is 1. The average molecular weight is 365 g/mol. The molecule has 2 heterocycles. The number of aromatic nitrogens is 2. The van der Waals surface area contributed by atoms with Crippen molar-refractivity contribution in [1.29, 1.82) is 0 Å². The molecule has 0 saturated carbocycles. The molecule has 1 aromatic heterocycles. The zero-order valence-corrected chi connectivity index (χ0v) is 15.7. The van der Waals surface area contributed by atoms with E-state index < -0.39 is 10.0 Å². The molecule has 0 bridgehead atoms. The van der Waals surface area contributed by atoms with Crippen molar-refractivity contribution >= 4 is 10.0 Å². The summed E-state index contributed by atoms with van der Waals surface area (Å²) in [6, 6.07) is 7.25. The van der Waals surface area contributed by atoms with Gasteiger partial charge in [0, 0.05) is 23.9 Å². The lowest BCUT2D eigenvalue weighted by atomic mass is 10.0. The lowest BCUT2D eigenvalue weighted by Crippen LogP contribution is -2.43. The van der Waals surface area contributed by atoms with Crippen LogP contribution in [0.3, 0.4) is 0 Å². The Morgan fingerprint density at radius 3 is 2.76 bits per heavy atom. The highest BCUT2D eigenvalue weighted by Crippen LogP contribution is 2.32. The van der Waals surface area contributed by atoms with Crippen LogP contribution in [-0.2, 0) is 14.8 Å². The lowest BCUT2D eigenvalue weighted by Gasteiger charge is -2.34. The van der Waals surface area contributed by atoms with Gasteiger partial charge in [-0.05, 0) is 26.0 Å². The van der Waals surface area contributed by atoms with Gasteiger partial charge in [-0.25, -0.2) is 13.1 Å². The molecule has 0 radical (unpaired) electrons. The molecule has 0 aliphatic carbocycles. The summed E-state index contributed by atoms with van der Waals surface area (Å²) >= 11 is 0. The topological polar surface area (TPSA) is 73.7 Å². The number of nitrogens with zero attached hydrogens (tertiary/aromatic N) is 3. The van der Waals surface area contributed by atoms with Crippen molar-refractivity contribution < 1.29 is 17.9 Å². The molecule has 1 fully saturated rings. The molecule has 2 aromatic rings. The molecule has 8 heteroatoms. The van der Waals surface area contributed by atoms with Crippen molar-refractivity contribution in [2.24, 2.45) is 0 Å². The summed E-state index contributed by atoms with van der Waals surface area (Å²) in [6.45, 7) is 4.94. The number of hydrogen-bond donors (Lipinski definition) is 0. The van der Waals surface area contributed by atoms with E-state index in [-0.39, 0.29) is 6.04 Å². The van der Waals surface area contributed by atoms with Gasteiger partial charge in [-0.2, -0.15) is 9.40 Å². The van der Waals surface area contributed by atoms with Crippen molar-refractivity contribution in [3.8, 4) is 11.4 Å². The van der Waals surface area contributed by atoms with E-state index in [4.69, 9.17) is 9.47 Å². The number of benzene rings is 1. The Morgan fingerprint density at radius 1 is 1.32 bits per heavy atom. The minimum Gasteiger partial charge on any atom is -0.497 e. The van der Waals surface area contributed by atoms with Crippen LogP contribution in [0.4, 0.5) is 0 Å². The molecule has 1 aliphatic rings. The Labute approximate surface area is 148 Å². The van der Waals surface area contributed by atoms with E-state index in [1.54, 1.807) is 7.11 Å². The molecule has 1 unspecified atom stereocenters. The Hall–Kier alpha value is -1.90. The molecular weight excluding hydrogens is 342 g/mol. The molecule has 0 spiro atoms. The van der Waals surface area contributed by atoms with Gasteiger partial charge in [0.1, 0.15) is 5.75 Å². The minimum atomic E-state index is -3.33. The first-order valence-corrected chi connectivity index (χ1v) is 9.93. The molecule has 7 nitrogen and oxygen atoms in total. The van der Waals surface area contributed by atoms with E-state index in [2.05, 4.69) is 5.10 Å². The summed E-state index contributed by atoms with van der Waals surface area (Å²) in [7, 11) is -1.71. The zero-order valence-electron chi connectivity index (χ0n) is 14.9. The first-order chi connectivity index (χ1) is 11.8. The molecule has 25 heavy (non-hydrogen) atoms. The Bertz CT molecular complexity index is 876. The van der Waals surface area contributed by atoms with Gasteiger partial charge >= 0.3 is 0 Å². The fraction of sp³-hybridized carbons (Fsp3) is 0.471. The Kier molecular flexibility index (Phi) is 4.86. The van der Waals surface area contributed by atoms with Gasteiger partial charge < -0.3 is 9.47 Å². The number of aryl methyl sites for hydroxylation is 1. The normalized spacial score (nSPS) is 19.1. The van der Waals surface area contributed by atoms with Crippen LogP contribution in [-0.4, -0.2) is 55.6 Å². The van der Waals surface area contributed by atoms with E-state index in [9.17, 15) is 8.42 Å². The summed E-state index contributed by atoms with van der Waals surface area (Å²) in [5.41, 5.74) is 3.46. The first kappa shape index (κ1) is 17.9. The standard InChI is InChI=1S/C17H23N3O4S/c1-12-17(16-11-24-9-8-19(16)25(4,21)22)13(2)20(18-12)14-6-5-7-15(10-14)23-3/h5-7,10,16H,8-9,11H2,1-4H3. The monoisotopic (exact) mass is 365 g/mol. The largest absolute Gasteiger partial charge is 0.497 e. The zero-order chi connectivity index (χ0) is 18.2. The second kappa shape index (κ2) is 6.78. The number of morpholine rings is 1. The minimum absolute atomic E-state index is 0.332. The molecule has 3 rings (SSSR count). The van der Waals surface area contributed by atoms with Crippen LogP contribution in [0.1, 0.15) is 23.0 Å². The summed E-state index contributed by atoms with van der Waals surface area (Å²) in [5.74, 6) is 0.741. The van der Waals surface area contributed by atoms with E-state index in [0.29, 0.717) is 19.8 Å². The van der Waals surface area contributed by atoms with Gasteiger partial charge in [-0.15, -0.1) is 0 Å². The molecular formula is C17H23N3O4S. The van der Waals surface area contributed by atoms with Crippen LogP contribution in [0.15, 0.2) is 24.3 Å². The van der Waals surface area contributed by atoms with E-state index >= 15 is 0 Å². The van der Waals surface area contributed by atoms with Crippen molar-refractivity contribution in [3.63, 3.8) is 0 Å². The SMILES string of the molecule is COc1cccc(-n2nc(C)c(C3COCCN3S(C)(=O)=O)c2C)c1. The predicted octanol–water partition coefficient (Wildman–Crippen LogP) is 1.83. The highest BCUT2D eigenvalue weighted by Gasteiger charge is 2.34. The number of rotatable bonds is 4. The van der Waals surface area contributed by atoms with E-state index in [1.807, 2.05) is 42.8 Å². The maximum absolute atomic E-state index is 12.2. The number of hydrogen-bond acceptors (Lipinski definition) is 5. The number of sulfonamides is 1. The van der Waals surface area contributed by atoms with Crippen LogP contribution in [0.2, 0.25) is 0 Å². The van der Waals surface area contributed by atoms with Gasteiger partial charge in [0.2, 0.25) is 10.0 Å². The third-order valence-electron chi connectivity index (χ3n) is 4.48. The molecule has 1 atom stereocenters. The maximum Gasteiger partial charge on any atom is 0.211 e. The van der Waals surface area contributed by atoms with Gasteiger partial charge in [0.15, 0.2) is 0 Å². The highest BCUT2D eigenvalue weighted by atomic mass is 32.2. The van der Waals surface area contributed by atoms with E-state index in [0.717, 1.165) is 28.4 Å². The third-order valence-corrected chi connectivity index (χ3v) is 5.77. The van der Waals surface area contributed by atoms with Crippen LogP contribution in [0.25, 0.3) is 5.69 Å². The van der Waals surface area contributed by atoms with Crippen molar-refractivity contribution in [1.82, 2.24) is 14.1 Å². The van der Waals surface area contributed by atoms with Crippen LogP contribution < -0.4 is 4.74 Å². The lowest BCUT2D eigenvalue weighted by molar-refractivity contribution is 0.0319. The van der Waals surface area contributed by atoms with Crippen LogP contribution in [0, 0.1) is 13.8 Å². The molecule has 1 aromatic carbocycles. The average Bonchev–Trinajstić information content (AvgIpc) is 2.88.